The molecule has 0 saturated heterocycles. The Labute approximate surface area is 279 Å². The SMILES string of the molecule is COC(C)(C)C#Cc1cc(-c2cn(-c3cc(C(F)(F)F)cc(C(F)(F)F)c3)nn2)cc(-c2cn(-c3cc(C(F)(F)F)cc(C(F)(F)F)c3)nn2)c1. The van der Waals surface area contributed by atoms with Gasteiger partial charge < -0.3 is 4.74 Å². The number of aromatic nitrogens is 6. The van der Waals surface area contributed by atoms with Gasteiger partial charge in [0, 0.05) is 23.8 Å². The Hall–Kier alpha value is -5.38. The van der Waals surface area contributed by atoms with E-state index in [-0.39, 0.29) is 40.2 Å². The molecule has 0 spiro atoms. The number of methoxy groups -OCH3 is 1. The van der Waals surface area contributed by atoms with Gasteiger partial charge in [-0.25, -0.2) is 9.36 Å². The van der Waals surface area contributed by atoms with Crippen molar-refractivity contribution in [2.24, 2.45) is 0 Å². The van der Waals surface area contributed by atoms with Gasteiger partial charge in [-0.3, -0.25) is 0 Å². The lowest BCUT2D eigenvalue weighted by Gasteiger charge is -2.14. The van der Waals surface area contributed by atoms with Crippen molar-refractivity contribution in [3.63, 3.8) is 0 Å². The zero-order chi connectivity index (χ0) is 37.7. The number of nitrogens with zero attached hydrogens (tertiary/aromatic N) is 6. The van der Waals surface area contributed by atoms with Crippen molar-refractivity contribution in [1.82, 2.24) is 30.0 Å². The van der Waals surface area contributed by atoms with Crippen LogP contribution >= 0.6 is 0 Å². The van der Waals surface area contributed by atoms with E-state index in [1.165, 1.54) is 25.3 Å². The second kappa shape index (κ2) is 12.7. The summed E-state index contributed by atoms with van der Waals surface area (Å²) in [4.78, 5) is 0. The largest absolute Gasteiger partial charge is 0.416 e. The van der Waals surface area contributed by atoms with Crippen LogP contribution in [-0.2, 0) is 29.4 Å². The number of ether oxygens (including phenoxy) is 1. The maximum absolute atomic E-state index is 13.5. The molecule has 0 radical (unpaired) electrons. The number of halogens is 12. The van der Waals surface area contributed by atoms with Crippen LogP contribution in [0.2, 0.25) is 0 Å². The highest BCUT2D eigenvalue weighted by atomic mass is 19.4. The second-order valence-corrected chi connectivity index (χ2v) is 11.4. The molecule has 0 aliphatic heterocycles. The maximum Gasteiger partial charge on any atom is 0.416 e. The van der Waals surface area contributed by atoms with Crippen molar-refractivity contribution in [2.45, 2.75) is 44.2 Å². The van der Waals surface area contributed by atoms with Crippen LogP contribution in [0.15, 0.2) is 67.0 Å². The number of alkyl halides is 12. The quantitative estimate of drug-likeness (QED) is 0.133. The molecular formula is C32H20F12N6O. The summed E-state index contributed by atoms with van der Waals surface area (Å²) in [5.41, 5.74) is -8.17. The lowest BCUT2D eigenvalue weighted by Crippen LogP contribution is -2.19. The molecule has 0 unspecified atom stereocenters. The van der Waals surface area contributed by atoms with Gasteiger partial charge in [0.05, 0.1) is 46.0 Å². The highest BCUT2D eigenvalue weighted by Gasteiger charge is 2.38. The molecule has 5 aromatic rings. The highest BCUT2D eigenvalue weighted by Crippen LogP contribution is 2.39. The van der Waals surface area contributed by atoms with Crippen molar-refractivity contribution < 1.29 is 57.4 Å². The van der Waals surface area contributed by atoms with Crippen LogP contribution in [0.25, 0.3) is 33.9 Å². The molecule has 51 heavy (non-hydrogen) atoms. The molecule has 0 bridgehead atoms. The third-order valence-corrected chi connectivity index (χ3v) is 7.20. The number of rotatable bonds is 5. The van der Waals surface area contributed by atoms with Crippen LogP contribution < -0.4 is 0 Å². The summed E-state index contributed by atoms with van der Waals surface area (Å²) >= 11 is 0. The second-order valence-electron chi connectivity index (χ2n) is 11.4. The van der Waals surface area contributed by atoms with Gasteiger partial charge in [0.2, 0.25) is 0 Å². The van der Waals surface area contributed by atoms with E-state index in [4.69, 9.17) is 4.74 Å². The zero-order valence-corrected chi connectivity index (χ0v) is 26.0. The summed E-state index contributed by atoms with van der Waals surface area (Å²) < 4.78 is 168. The molecule has 2 aromatic heterocycles. The molecule has 0 N–H and O–H groups in total. The first-order chi connectivity index (χ1) is 23.4. The topological polar surface area (TPSA) is 70.7 Å². The van der Waals surface area contributed by atoms with E-state index >= 15 is 0 Å². The smallest absolute Gasteiger partial charge is 0.366 e. The summed E-state index contributed by atoms with van der Waals surface area (Å²) in [7, 11) is 1.39. The van der Waals surface area contributed by atoms with E-state index in [0.717, 1.165) is 12.4 Å². The van der Waals surface area contributed by atoms with Gasteiger partial charge in [-0.05, 0) is 68.4 Å². The molecule has 19 heteroatoms. The summed E-state index contributed by atoms with van der Waals surface area (Å²) in [5, 5.41) is 15.2. The zero-order valence-electron chi connectivity index (χ0n) is 26.0. The fourth-order valence-electron chi connectivity index (χ4n) is 4.46. The third kappa shape index (κ3) is 8.51. The van der Waals surface area contributed by atoms with E-state index in [2.05, 4.69) is 32.5 Å². The van der Waals surface area contributed by atoms with Crippen molar-refractivity contribution in [2.75, 3.05) is 7.11 Å². The fourth-order valence-corrected chi connectivity index (χ4v) is 4.46. The summed E-state index contributed by atoms with van der Waals surface area (Å²) in [6, 6.07) is 5.95. The van der Waals surface area contributed by atoms with Gasteiger partial charge in [0.25, 0.3) is 0 Å². The summed E-state index contributed by atoms with van der Waals surface area (Å²) in [5.74, 6) is 5.69. The van der Waals surface area contributed by atoms with Crippen LogP contribution in [0.1, 0.15) is 41.7 Å². The average molecular weight is 733 g/mol. The highest BCUT2D eigenvalue weighted by molar-refractivity contribution is 5.72. The molecule has 268 valence electrons. The van der Waals surface area contributed by atoms with Gasteiger partial charge in [-0.1, -0.05) is 22.3 Å². The fraction of sp³-hybridized carbons (Fsp3) is 0.250. The van der Waals surface area contributed by atoms with Crippen molar-refractivity contribution in [3.8, 4) is 45.7 Å². The lowest BCUT2D eigenvalue weighted by molar-refractivity contribution is -0.144. The first-order valence-corrected chi connectivity index (χ1v) is 14.1. The Balaban J connectivity index is 1.62. The van der Waals surface area contributed by atoms with Crippen LogP contribution in [-0.4, -0.2) is 42.7 Å². The van der Waals surface area contributed by atoms with E-state index in [1.807, 2.05) is 0 Å². The lowest BCUT2D eigenvalue weighted by atomic mass is 10.0. The molecule has 3 aromatic carbocycles. The summed E-state index contributed by atoms with van der Waals surface area (Å²) in [6.07, 6.45) is -18.4. The van der Waals surface area contributed by atoms with Crippen molar-refractivity contribution >= 4 is 0 Å². The third-order valence-electron chi connectivity index (χ3n) is 7.20. The van der Waals surface area contributed by atoms with Crippen LogP contribution in [0, 0.1) is 11.8 Å². The minimum absolute atomic E-state index is 0.0479. The van der Waals surface area contributed by atoms with E-state index in [1.54, 1.807) is 13.8 Å². The number of benzene rings is 3. The predicted molar refractivity (Wildman–Crippen MR) is 155 cm³/mol. The Bertz CT molecular complexity index is 1950. The Morgan fingerprint density at radius 2 is 0.882 bits per heavy atom. The van der Waals surface area contributed by atoms with Gasteiger partial charge in [0.15, 0.2) is 0 Å². The first kappa shape index (κ1) is 36.9. The molecule has 2 heterocycles. The summed E-state index contributed by atoms with van der Waals surface area (Å²) in [6.45, 7) is 3.27. The van der Waals surface area contributed by atoms with E-state index in [0.29, 0.717) is 33.6 Å². The van der Waals surface area contributed by atoms with Crippen LogP contribution in [0.3, 0.4) is 0 Å². The molecular weight excluding hydrogens is 712 g/mol. The van der Waals surface area contributed by atoms with Gasteiger partial charge in [0.1, 0.15) is 17.0 Å². The molecule has 0 saturated carbocycles. The predicted octanol–water partition coefficient (Wildman–Crippen LogP) is 9.03. The molecule has 7 nitrogen and oxygen atoms in total. The Morgan fingerprint density at radius 3 is 1.20 bits per heavy atom. The van der Waals surface area contributed by atoms with Crippen LogP contribution in [0.5, 0.6) is 0 Å². The van der Waals surface area contributed by atoms with E-state index < -0.39 is 63.9 Å². The van der Waals surface area contributed by atoms with Crippen LogP contribution in [0.4, 0.5) is 52.7 Å². The molecule has 0 amide bonds. The van der Waals surface area contributed by atoms with E-state index in [9.17, 15) is 52.7 Å². The Morgan fingerprint density at radius 1 is 0.529 bits per heavy atom. The van der Waals surface area contributed by atoms with Crippen molar-refractivity contribution in [3.05, 3.63) is 94.8 Å². The monoisotopic (exact) mass is 732 g/mol. The normalized spacial score (nSPS) is 12.9. The van der Waals surface area contributed by atoms with Crippen molar-refractivity contribution in [1.29, 1.82) is 0 Å². The molecule has 0 aliphatic carbocycles. The van der Waals surface area contributed by atoms with Gasteiger partial charge >= 0.3 is 24.7 Å². The first-order valence-electron chi connectivity index (χ1n) is 14.1. The van der Waals surface area contributed by atoms with Gasteiger partial charge in [-0.15, -0.1) is 10.2 Å². The molecule has 0 aliphatic rings. The Kier molecular flexibility index (Phi) is 9.22. The minimum atomic E-state index is -5.13. The standard InChI is InChI=1S/C32H20F12N6O/c1-28(2,51-3)5-4-17-6-18(26-15-49(47-45-26)24-11-20(29(33,34)35)9-21(12-24)30(36,37)38)8-19(7-17)27-16-50(48-46-27)25-13-22(31(39,40)41)10-23(14-25)32(42,43)44/h6-16H,1-3H3. The number of hydrogen-bond donors (Lipinski definition) is 0. The minimum Gasteiger partial charge on any atom is -0.366 e. The van der Waals surface area contributed by atoms with Gasteiger partial charge in [-0.2, -0.15) is 52.7 Å². The molecule has 0 fully saturated rings. The maximum atomic E-state index is 13.5. The average Bonchev–Trinajstić information content (AvgIpc) is 3.73. The number of hydrogen-bond acceptors (Lipinski definition) is 5. The molecule has 0 atom stereocenters. The molecule has 5 rings (SSSR count).